The van der Waals surface area contributed by atoms with Crippen molar-refractivity contribution in [2.24, 2.45) is 5.73 Å². The van der Waals surface area contributed by atoms with Crippen LogP contribution in [0.5, 0.6) is 0 Å². The van der Waals surface area contributed by atoms with E-state index in [1.807, 2.05) is 30.3 Å². The highest BCUT2D eigenvalue weighted by atomic mass is 16.7. The van der Waals surface area contributed by atoms with Crippen molar-refractivity contribution in [1.29, 1.82) is 0 Å². The molecule has 0 aliphatic heterocycles. The Hall–Kier alpha value is -2.54. The number of rotatable bonds is 4. The van der Waals surface area contributed by atoms with E-state index in [0.29, 0.717) is 5.70 Å². The standard InChI is InChI=1S/C12H14N4O3/c13-10-8-12(17,16(18)19)7-6-11(10)15-14-9-4-2-1-3-5-9/h1-7,14-15,17H,8,13H2. The van der Waals surface area contributed by atoms with E-state index in [-0.39, 0.29) is 12.1 Å². The number of hydrazine groups is 1. The smallest absolute Gasteiger partial charge is 0.348 e. The number of aliphatic hydroxyl groups is 1. The third-order valence-electron chi connectivity index (χ3n) is 2.74. The van der Waals surface area contributed by atoms with E-state index < -0.39 is 10.6 Å². The maximum atomic E-state index is 10.7. The Bertz CT molecular complexity index is 541. The zero-order valence-electron chi connectivity index (χ0n) is 10.0. The first-order valence-electron chi connectivity index (χ1n) is 5.63. The third-order valence-corrected chi connectivity index (χ3v) is 2.74. The molecular weight excluding hydrogens is 248 g/mol. The number of nitrogens with zero attached hydrogens (tertiary/aromatic N) is 1. The summed E-state index contributed by atoms with van der Waals surface area (Å²) >= 11 is 0. The molecule has 0 amide bonds. The average molecular weight is 262 g/mol. The zero-order chi connectivity index (χ0) is 13.9. The van der Waals surface area contributed by atoms with Gasteiger partial charge in [0, 0.05) is 11.8 Å². The van der Waals surface area contributed by atoms with Gasteiger partial charge in [0.2, 0.25) is 0 Å². The Morgan fingerprint density at radius 3 is 2.58 bits per heavy atom. The first-order valence-corrected chi connectivity index (χ1v) is 5.63. The number of benzene rings is 1. The molecule has 100 valence electrons. The molecule has 0 bridgehead atoms. The van der Waals surface area contributed by atoms with Crippen LogP contribution in [0.25, 0.3) is 0 Å². The van der Waals surface area contributed by atoms with E-state index in [2.05, 4.69) is 10.9 Å². The SMILES string of the molecule is NC1=C(NNc2ccccc2)C=CC(O)([N+](=O)[O-])C1. The predicted molar refractivity (Wildman–Crippen MR) is 70.1 cm³/mol. The van der Waals surface area contributed by atoms with Crippen molar-refractivity contribution in [3.8, 4) is 0 Å². The summed E-state index contributed by atoms with van der Waals surface area (Å²) in [6, 6.07) is 9.32. The van der Waals surface area contributed by atoms with Crippen molar-refractivity contribution >= 4 is 5.69 Å². The van der Waals surface area contributed by atoms with Crippen LogP contribution < -0.4 is 16.6 Å². The Balaban J connectivity index is 2.03. The minimum Gasteiger partial charge on any atom is -0.400 e. The van der Waals surface area contributed by atoms with Crippen molar-refractivity contribution < 1.29 is 10.0 Å². The minimum absolute atomic E-state index is 0.213. The molecule has 0 saturated carbocycles. The second-order valence-corrected chi connectivity index (χ2v) is 4.20. The number of hydrogen-bond donors (Lipinski definition) is 4. The minimum atomic E-state index is -2.12. The molecule has 0 aromatic heterocycles. The zero-order valence-corrected chi connectivity index (χ0v) is 10.0. The van der Waals surface area contributed by atoms with Gasteiger partial charge >= 0.3 is 5.72 Å². The summed E-state index contributed by atoms with van der Waals surface area (Å²) < 4.78 is 0. The molecular formula is C12H14N4O3. The lowest BCUT2D eigenvalue weighted by Crippen LogP contribution is -2.40. The second kappa shape index (κ2) is 4.99. The summed E-state index contributed by atoms with van der Waals surface area (Å²) in [6.45, 7) is 0. The lowest BCUT2D eigenvalue weighted by Gasteiger charge is -2.22. The molecule has 1 aliphatic rings. The highest BCUT2D eigenvalue weighted by Crippen LogP contribution is 2.23. The molecule has 0 heterocycles. The van der Waals surface area contributed by atoms with Gasteiger partial charge < -0.3 is 16.3 Å². The van der Waals surface area contributed by atoms with Crippen LogP contribution in [0.2, 0.25) is 0 Å². The van der Waals surface area contributed by atoms with Crippen LogP contribution in [0.15, 0.2) is 53.9 Å². The molecule has 1 aromatic carbocycles. The first-order chi connectivity index (χ1) is 9.01. The molecule has 0 spiro atoms. The number of nitro groups is 1. The lowest BCUT2D eigenvalue weighted by atomic mass is 10.0. The summed E-state index contributed by atoms with van der Waals surface area (Å²) in [6.07, 6.45) is 2.24. The largest absolute Gasteiger partial charge is 0.400 e. The molecule has 5 N–H and O–H groups in total. The fraction of sp³-hybridized carbons (Fsp3) is 0.167. The maximum Gasteiger partial charge on any atom is 0.348 e. The monoisotopic (exact) mass is 262 g/mol. The molecule has 1 unspecified atom stereocenters. The van der Waals surface area contributed by atoms with Crippen LogP contribution in [0.3, 0.4) is 0 Å². The summed E-state index contributed by atoms with van der Waals surface area (Å²) in [7, 11) is 0. The number of allylic oxidation sites excluding steroid dienone is 1. The highest BCUT2D eigenvalue weighted by Gasteiger charge is 2.40. The van der Waals surface area contributed by atoms with E-state index in [1.54, 1.807) is 0 Å². The molecule has 7 heteroatoms. The van der Waals surface area contributed by atoms with Gasteiger partial charge in [0.05, 0.1) is 22.7 Å². The number of hydrogen-bond acceptors (Lipinski definition) is 6. The van der Waals surface area contributed by atoms with Gasteiger partial charge in [-0.3, -0.25) is 15.5 Å². The van der Waals surface area contributed by atoms with Gasteiger partial charge in [-0.05, 0) is 18.2 Å². The van der Waals surface area contributed by atoms with Crippen LogP contribution in [-0.2, 0) is 0 Å². The van der Waals surface area contributed by atoms with Crippen molar-refractivity contribution in [1.82, 2.24) is 5.43 Å². The number of para-hydroxylation sites is 1. The first kappa shape index (κ1) is 12.9. The average Bonchev–Trinajstić information content (AvgIpc) is 2.39. The van der Waals surface area contributed by atoms with Gasteiger partial charge in [0.25, 0.3) is 0 Å². The Labute approximate surface area is 109 Å². The molecule has 0 saturated heterocycles. The van der Waals surface area contributed by atoms with Crippen molar-refractivity contribution in [3.05, 3.63) is 64.0 Å². The van der Waals surface area contributed by atoms with Crippen LogP contribution in [-0.4, -0.2) is 15.8 Å². The van der Waals surface area contributed by atoms with Gasteiger partial charge in [-0.15, -0.1) is 0 Å². The molecule has 0 fully saturated rings. The predicted octanol–water partition coefficient (Wildman–Crippen LogP) is 0.699. The summed E-state index contributed by atoms with van der Waals surface area (Å²) in [5.41, 5.74) is 10.9. The Morgan fingerprint density at radius 2 is 2.00 bits per heavy atom. The van der Waals surface area contributed by atoms with E-state index in [4.69, 9.17) is 5.73 Å². The summed E-state index contributed by atoms with van der Waals surface area (Å²) in [5.74, 6) is 0. The summed E-state index contributed by atoms with van der Waals surface area (Å²) in [4.78, 5) is 9.93. The van der Waals surface area contributed by atoms with Crippen LogP contribution >= 0.6 is 0 Å². The molecule has 1 aromatic rings. The van der Waals surface area contributed by atoms with Crippen LogP contribution in [0.4, 0.5) is 5.69 Å². The molecule has 1 aliphatic carbocycles. The van der Waals surface area contributed by atoms with E-state index in [9.17, 15) is 15.2 Å². The Morgan fingerprint density at radius 1 is 1.32 bits per heavy atom. The van der Waals surface area contributed by atoms with Crippen molar-refractivity contribution in [2.45, 2.75) is 12.1 Å². The number of nitrogens with two attached hydrogens (primary N) is 1. The van der Waals surface area contributed by atoms with Gasteiger partial charge in [-0.25, -0.2) is 0 Å². The van der Waals surface area contributed by atoms with E-state index >= 15 is 0 Å². The Kier molecular flexibility index (Phi) is 3.39. The van der Waals surface area contributed by atoms with Crippen molar-refractivity contribution in [3.63, 3.8) is 0 Å². The van der Waals surface area contributed by atoms with Gasteiger partial charge in [0.15, 0.2) is 0 Å². The molecule has 0 radical (unpaired) electrons. The normalized spacial score (nSPS) is 22.2. The second-order valence-electron chi connectivity index (χ2n) is 4.20. The van der Waals surface area contributed by atoms with Crippen LogP contribution in [0.1, 0.15) is 6.42 Å². The van der Waals surface area contributed by atoms with Crippen LogP contribution in [0, 0.1) is 10.1 Å². The van der Waals surface area contributed by atoms with E-state index in [0.717, 1.165) is 11.8 Å². The van der Waals surface area contributed by atoms with Gasteiger partial charge in [0.1, 0.15) is 0 Å². The number of anilines is 1. The topological polar surface area (TPSA) is 113 Å². The molecule has 2 rings (SSSR count). The van der Waals surface area contributed by atoms with Crippen molar-refractivity contribution in [2.75, 3.05) is 5.43 Å². The summed E-state index contributed by atoms with van der Waals surface area (Å²) in [5, 5.41) is 20.4. The highest BCUT2D eigenvalue weighted by molar-refractivity contribution is 5.43. The van der Waals surface area contributed by atoms with E-state index in [1.165, 1.54) is 6.08 Å². The third kappa shape index (κ3) is 2.83. The van der Waals surface area contributed by atoms with Gasteiger partial charge in [-0.2, -0.15) is 0 Å². The van der Waals surface area contributed by atoms with Gasteiger partial charge in [-0.1, -0.05) is 18.2 Å². The fourth-order valence-corrected chi connectivity index (χ4v) is 1.67. The maximum absolute atomic E-state index is 10.7. The fourth-order valence-electron chi connectivity index (χ4n) is 1.67. The lowest BCUT2D eigenvalue weighted by molar-refractivity contribution is -0.607. The quantitative estimate of drug-likeness (QED) is 0.361. The molecule has 7 nitrogen and oxygen atoms in total. The molecule has 1 atom stereocenters. The molecule has 19 heavy (non-hydrogen) atoms. The number of nitrogens with one attached hydrogen (secondary N) is 2.